The highest BCUT2D eigenvalue weighted by Gasteiger charge is 2.41. The lowest BCUT2D eigenvalue weighted by Crippen LogP contribution is -2.50. The molecule has 1 spiro atoms. The third kappa shape index (κ3) is 2.27. The SMILES string of the molecule is CC(NC1CCOC2(CCOC2)C1)C1CC1. The third-order valence-electron chi connectivity index (χ3n) is 4.39. The molecule has 3 heteroatoms. The summed E-state index contributed by atoms with van der Waals surface area (Å²) in [7, 11) is 0. The Kier molecular flexibility index (Phi) is 2.94. The van der Waals surface area contributed by atoms with Crippen LogP contribution in [0.25, 0.3) is 0 Å². The molecule has 16 heavy (non-hydrogen) atoms. The van der Waals surface area contributed by atoms with Crippen LogP contribution in [0.3, 0.4) is 0 Å². The molecule has 3 atom stereocenters. The Labute approximate surface area is 97.9 Å². The molecule has 1 N–H and O–H groups in total. The van der Waals surface area contributed by atoms with Gasteiger partial charge in [0.25, 0.3) is 0 Å². The number of hydrogen-bond acceptors (Lipinski definition) is 3. The zero-order valence-corrected chi connectivity index (χ0v) is 10.2. The van der Waals surface area contributed by atoms with Crippen LogP contribution in [-0.4, -0.2) is 37.5 Å². The third-order valence-corrected chi connectivity index (χ3v) is 4.39. The van der Waals surface area contributed by atoms with Crippen LogP contribution in [0.15, 0.2) is 0 Å². The summed E-state index contributed by atoms with van der Waals surface area (Å²) in [6.07, 6.45) is 6.24. The Morgan fingerprint density at radius 2 is 2.12 bits per heavy atom. The van der Waals surface area contributed by atoms with Gasteiger partial charge < -0.3 is 14.8 Å². The maximum Gasteiger partial charge on any atom is 0.0951 e. The molecular weight excluding hydrogens is 202 g/mol. The molecule has 3 fully saturated rings. The first-order valence-electron chi connectivity index (χ1n) is 6.75. The van der Waals surface area contributed by atoms with Crippen molar-refractivity contribution in [2.75, 3.05) is 19.8 Å². The topological polar surface area (TPSA) is 30.5 Å². The second kappa shape index (κ2) is 4.28. The molecule has 92 valence electrons. The lowest BCUT2D eigenvalue weighted by molar-refractivity contribution is -0.0903. The summed E-state index contributed by atoms with van der Waals surface area (Å²) in [6.45, 7) is 4.93. The van der Waals surface area contributed by atoms with E-state index in [0.717, 1.165) is 38.6 Å². The summed E-state index contributed by atoms with van der Waals surface area (Å²) < 4.78 is 11.4. The highest BCUT2D eigenvalue weighted by Crippen LogP contribution is 2.36. The molecule has 0 amide bonds. The van der Waals surface area contributed by atoms with E-state index in [0.29, 0.717) is 12.1 Å². The quantitative estimate of drug-likeness (QED) is 0.793. The number of rotatable bonds is 3. The summed E-state index contributed by atoms with van der Waals surface area (Å²) >= 11 is 0. The second-order valence-corrected chi connectivity index (χ2v) is 5.82. The second-order valence-electron chi connectivity index (χ2n) is 5.82. The van der Waals surface area contributed by atoms with E-state index in [2.05, 4.69) is 12.2 Å². The monoisotopic (exact) mass is 225 g/mol. The van der Waals surface area contributed by atoms with E-state index < -0.39 is 0 Å². The van der Waals surface area contributed by atoms with Gasteiger partial charge in [0.2, 0.25) is 0 Å². The zero-order valence-electron chi connectivity index (χ0n) is 10.2. The standard InChI is InChI=1S/C13H23NO2/c1-10(11-2-3-11)14-12-4-6-16-13(8-12)5-7-15-9-13/h10-12,14H,2-9H2,1H3. The number of hydrogen-bond donors (Lipinski definition) is 1. The Hall–Kier alpha value is -0.120. The van der Waals surface area contributed by atoms with Gasteiger partial charge in [-0.1, -0.05) is 0 Å². The molecule has 0 aromatic carbocycles. The molecule has 3 rings (SSSR count). The summed E-state index contributed by atoms with van der Waals surface area (Å²) in [5.41, 5.74) is 0.0547. The van der Waals surface area contributed by atoms with Crippen molar-refractivity contribution < 1.29 is 9.47 Å². The van der Waals surface area contributed by atoms with Crippen LogP contribution < -0.4 is 5.32 Å². The lowest BCUT2D eigenvalue weighted by Gasteiger charge is -2.38. The molecule has 0 radical (unpaired) electrons. The summed E-state index contributed by atoms with van der Waals surface area (Å²) in [6, 6.07) is 1.34. The molecule has 0 aromatic heterocycles. The molecule has 2 saturated heterocycles. The summed E-state index contributed by atoms with van der Waals surface area (Å²) in [5.74, 6) is 0.943. The first-order valence-corrected chi connectivity index (χ1v) is 6.75. The molecule has 0 aromatic rings. The van der Waals surface area contributed by atoms with Gasteiger partial charge in [0.05, 0.1) is 12.2 Å². The maximum absolute atomic E-state index is 5.95. The van der Waals surface area contributed by atoms with Crippen molar-refractivity contribution in [3.05, 3.63) is 0 Å². The van der Waals surface area contributed by atoms with E-state index >= 15 is 0 Å². The van der Waals surface area contributed by atoms with Crippen molar-refractivity contribution in [3.8, 4) is 0 Å². The van der Waals surface area contributed by atoms with Crippen molar-refractivity contribution in [1.29, 1.82) is 0 Å². The van der Waals surface area contributed by atoms with Gasteiger partial charge in [-0.15, -0.1) is 0 Å². The van der Waals surface area contributed by atoms with Crippen LogP contribution in [0, 0.1) is 5.92 Å². The van der Waals surface area contributed by atoms with Crippen molar-refractivity contribution in [2.45, 2.75) is 56.7 Å². The molecule has 2 aliphatic heterocycles. The fraction of sp³-hybridized carbons (Fsp3) is 1.00. The van der Waals surface area contributed by atoms with E-state index in [4.69, 9.17) is 9.47 Å². The highest BCUT2D eigenvalue weighted by atomic mass is 16.6. The van der Waals surface area contributed by atoms with E-state index in [1.165, 1.54) is 19.3 Å². The minimum atomic E-state index is 0.0547. The molecule has 2 heterocycles. The van der Waals surface area contributed by atoms with Crippen molar-refractivity contribution in [2.24, 2.45) is 5.92 Å². The van der Waals surface area contributed by atoms with Gasteiger partial charge in [-0.25, -0.2) is 0 Å². The van der Waals surface area contributed by atoms with Gasteiger partial charge in [-0.05, 0) is 38.5 Å². The molecule has 3 aliphatic rings. The van der Waals surface area contributed by atoms with E-state index in [1.807, 2.05) is 0 Å². The van der Waals surface area contributed by atoms with E-state index in [9.17, 15) is 0 Å². The van der Waals surface area contributed by atoms with Crippen LogP contribution in [0.2, 0.25) is 0 Å². The summed E-state index contributed by atoms with van der Waals surface area (Å²) in [5, 5.41) is 3.80. The number of nitrogens with one attached hydrogen (secondary N) is 1. The molecular formula is C13H23NO2. The summed E-state index contributed by atoms with van der Waals surface area (Å²) in [4.78, 5) is 0. The molecule has 1 aliphatic carbocycles. The zero-order chi connectivity index (χ0) is 11.0. The smallest absolute Gasteiger partial charge is 0.0951 e. The normalized spacial score (nSPS) is 41.4. The van der Waals surface area contributed by atoms with Crippen LogP contribution in [0.5, 0.6) is 0 Å². The molecule has 0 bridgehead atoms. The Balaban J connectivity index is 1.54. The predicted molar refractivity (Wildman–Crippen MR) is 62.5 cm³/mol. The van der Waals surface area contributed by atoms with Crippen molar-refractivity contribution >= 4 is 0 Å². The highest BCUT2D eigenvalue weighted by molar-refractivity contribution is 4.94. The molecule has 3 unspecified atom stereocenters. The van der Waals surface area contributed by atoms with Crippen LogP contribution in [0.4, 0.5) is 0 Å². The lowest BCUT2D eigenvalue weighted by atomic mass is 9.89. The maximum atomic E-state index is 5.95. The van der Waals surface area contributed by atoms with Crippen LogP contribution in [-0.2, 0) is 9.47 Å². The molecule has 3 nitrogen and oxygen atoms in total. The predicted octanol–water partition coefficient (Wildman–Crippen LogP) is 1.71. The minimum Gasteiger partial charge on any atom is -0.378 e. The average Bonchev–Trinajstić information content (AvgIpc) is 3.03. The Morgan fingerprint density at radius 1 is 1.25 bits per heavy atom. The molecule has 1 saturated carbocycles. The van der Waals surface area contributed by atoms with E-state index in [1.54, 1.807) is 0 Å². The van der Waals surface area contributed by atoms with Gasteiger partial charge in [0, 0.05) is 31.7 Å². The first-order chi connectivity index (χ1) is 7.77. The van der Waals surface area contributed by atoms with E-state index in [-0.39, 0.29) is 5.60 Å². The van der Waals surface area contributed by atoms with Crippen LogP contribution in [0.1, 0.15) is 39.0 Å². The van der Waals surface area contributed by atoms with Gasteiger partial charge in [0.15, 0.2) is 0 Å². The Bertz CT molecular complexity index is 246. The van der Waals surface area contributed by atoms with Crippen molar-refractivity contribution in [1.82, 2.24) is 5.32 Å². The van der Waals surface area contributed by atoms with Gasteiger partial charge in [-0.3, -0.25) is 0 Å². The fourth-order valence-electron chi connectivity index (χ4n) is 3.14. The van der Waals surface area contributed by atoms with Gasteiger partial charge in [-0.2, -0.15) is 0 Å². The number of ether oxygens (including phenoxy) is 2. The average molecular weight is 225 g/mol. The first kappa shape index (κ1) is 11.0. The van der Waals surface area contributed by atoms with Gasteiger partial charge in [0.1, 0.15) is 0 Å². The fourth-order valence-corrected chi connectivity index (χ4v) is 3.14. The van der Waals surface area contributed by atoms with Crippen LogP contribution >= 0.6 is 0 Å². The van der Waals surface area contributed by atoms with Gasteiger partial charge >= 0.3 is 0 Å². The van der Waals surface area contributed by atoms with Crippen molar-refractivity contribution in [3.63, 3.8) is 0 Å². The largest absolute Gasteiger partial charge is 0.378 e. The minimum absolute atomic E-state index is 0.0547. The Morgan fingerprint density at radius 3 is 2.81 bits per heavy atom.